The molecule has 4 unspecified atom stereocenters. The highest BCUT2D eigenvalue weighted by Crippen LogP contribution is 2.29. The quantitative estimate of drug-likeness (QED) is 0.551. The van der Waals surface area contributed by atoms with Gasteiger partial charge in [-0.15, -0.1) is 0 Å². The van der Waals surface area contributed by atoms with E-state index < -0.39 is 29.9 Å². The zero-order valence-electron chi connectivity index (χ0n) is 9.96. The Kier molecular flexibility index (Phi) is 4.47. The molecule has 4 N–H and O–H groups in total. The summed E-state index contributed by atoms with van der Waals surface area (Å²) in [6, 6.07) is -0.772. The zero-order valence-corrected chi connectivity index (χ0v) is 9.96. The lowest BCUT2D eigenvalue weighted by atomic mass is 9.75. The standard InChI is InChI=1S/C11H19NO5/c1-3-5-7(10(14)15)9(13)8(11(16)17)6(4-2)12-5/h5-9,12-13H,3-4H2,1-2H3,(H,14,15)(H,16,17). The van der Waals surface area contributed by atoms with E-state index in [4.69, 9.17) is 10.2 Å². The summed E-state index contributed by atoms with van der Waals surface area (Å²) in [4.78, 5) is 22.2. The van der Waals surface area contributed by atoms with Crippen molar-refractivity contribution < 1.29 is 24.9 Å². The SMILES string of the molecule is CCC1NC(CC)C(C(=O)O)C(O)C1C(=O)O. The van der Waals surface area contributed by atoms with Crippen LogP contribution in [0.25, 0.3) is 0 Å². The molecule has 0 spiro atoms. The van der Waals surface area contributed by atoms with Crippen LogP contribution in [0.2, 0.25) is 0 Å². The van der Waals surface area contributed by atoms with Gasteiger partial charge in [-0.05, 0) is 12.8 Å². The van der Waals surface area contributed by atoms with Crippen molar-refractivity contribution in [3.63, 3.8) is 0 Å². The molecular weight excluding hydrogens is 226 g/mol. The van der Waals surface area contributed by atoms with Crippen LogP contribution in [-0.2, 0) is 9.59 Å². The third kappa shape index (κ3) is 2.58. The van der Waals surface area contributed by atoms with Crippen LogP contribution >= 0.6 is 0 Å². The molecule has 1 aliphatic heterocycles. The first-order chi connectivity index (χ1) is 7.93. The van der Waals surface area contributed by atoms with Crippen LogP contribution in [0.15, 0.2) is 0 Å². The summed E-state index contributed by atoms with van der Waals surface area (Å²) < 4.78 is 0. The van der Waals surface area contributed by atoms with Crippen molar-refractivity contribution in [3.8, 4) is 0 Å². The van der Waals surface area contributed by atoms with Crippen molar-refractivity contribution in [1.29, 1.82) is 0 Å². The van der Waals surface area contributed by atoms with E-state index in [0.29, 0.717) is 12.8 Å². The number of piperidine rings is 1. The van der Waals surface area contributed by atoms with Gasteiger partial charge in [0.2, 0.25) is 0 Å². The van der Waals surface area contributed by atoms with E-state index in [2.05, 4.69) is 5.32 Å². The molecule has 17 heavy (non-hydrogen) atoms. The predicted octanol–water partition coefficient (Wildman–Crippen LogP) is -0.0907. The lowest BCUT2D eigenvalue weighted by Crippen LogP contribution is -2.62. The van der Waals surface area contributed by atoms with E-state index in [9.17, 15) is 14.7 Å². The predicted molar refractivity (Wildman–Crippen MR) is 59.6 cm³/mol. The molecule has 6 heteroatoms. The number of rotatable bonds is 4. The molecule has 1 saturated heterocycles. The van der Waals surface area contributed by atoms with Crippen molar-refractivity contribution in [2.24, 2.45) is 11.8 Å². The van der Waals surface area contributed by atoms with E-state index >= 15 is 0 Å². The fourth-order valence-corrected chi connectivity index (χ4v) is 2.56. The topological polar surface area (TPSA) is 107 Å². The largest absolute Gasteiger partial charge is 0.481 e. The molecule has 0 amide bonds. The molecule has 6 nitrogen and oxygen atoms in total. The molecule has 1 rings (SSSR count). The van der Waals surface area contributed by atoms with Crippen molar-refractivity contribution in [2.75, 3.05) is 0 Å². The van der Waals surface area contributed by atoms with Crippen LogP contribution in [0.3, 0.4) is 0 Å². The molecule has 98 valence electrons. The number of hydrogen-bond donors (Lipinski definition) is 4. The monoisotopic (exact) mass is 245 g/mol. The van der Waals surface area contributed by atoms with Gasteiger partial charge >= 0.3 is 11.9 Å². The lowest BCUT2D eigenvalue weighted by molar-refractivity contribution is -0.161. The van der Waals surface area contributed by atoms with E-state index in [1.54, 1.807) is 0 Å². The van der Waals surface area contributed by atoms with E-state index in [1.807, 2.05) is 13.8 Å². The Balaban J connectivity index is 3.01. The number of hydrogen-bond acceptors (Lipinski definition) is 4. The maximum Gasteiger partial charge on any atom is 0.310 e. The first-order valence-electron chi connectivity index (χ1n) is 5.83. The fourth-order valence-electron chi connectivity index (χ4n) is 2.56. The number of aliphatic hydroxyl groups excluding tert-OH is 1. The maximum absolute atomic E-state index is 11.1. The second-order valence-electron chi connectivity index (χ2n) is 4.41. The molecule has 0 aromatic heterocycles. The first kappa shape index (κ1) is 13.9. The summed E-state index contributed by atoms with van der Waals surface area (Å²) in [5, 5.41) is 31.1. The molecule has 0 radical (unpaired) electrons. The number of nitrogens with one attached hydrogen (secondary N) is 1. The average molecular weight is 245 g/mol. The van der Waals surface area contributed by atoms with Gasteiger partial charge in [-0.1, -0.05) is 13.8 Å². The van der Waals surface area contributed by atoms with Crippen molar-refractivity contribution >= 4 is 11.9 Å². The minimum absolute atomic E-state index is 0.386. The molecule has 0 aromatic rings. The van der Waals surface area contributed by atoms with E-state index in [-0.39, 0.29) is 12.1 Å². The number of aliphatic carboxylic acids is 2. The fraction of sp³-hybridized carbons (Fsp3) is 0.818. The maximum atomic E-state index is 11.1. The third-order valence-corrected chi connectivity index (χ3v) is 3.48. The second-order valence-corrected chi connectivity index (χ2v) is 4.41. The molecule has 4 atom stereocenters. The summed E-state index contributed by atoms with van der Waals surface area (Å²) in [6.07, 6.45) is -0.269. The number of carboxylic acids is 2. The van der Waals surface area contributed by atoms with Crippen LogP contribution in [0, 0.1) is 11.8 Å². The molecule has 0 aromatic carbocycles. The van der Waals surface area contributed by atoms with Gasteiger partial charge in [0.05, 0.1) is 17.9 Å². The van der Waals surface area contributed by atoms with Gasteiger partial charge in [-0.25, -0.2) is 0 Å². The second kappa shape index (κ2) is 5.46. The van der Waals surface area contributed by atoms with Gasteiger partial charge in [0, 0.05) is 12.1 Å². The highest BCUT2D eigenvalue weighted by Gasteiger charge is 2.49. The summed E-state index contributed by atoms with van der Waals surface area (Å²) >= 11 is 0. The lowest BCUT2D eigenvalue weighted by Gasteiger charge is -2.42. The molecule has 1 fully saturated rings. The third-order valence-electron chi connectivity index (χ3n) is 3.48. The van der Waals surface area contributed by atoms with Gasteiger partial charge in [0.1, 0.15) is 0 Å². The number of carbonyl (C=O) groups is 2. The van der Waals surface area contributed by atoms with Crippen LogP contribution in [0.1, 0.15) is 26.7 Å². The van der Waals surface area contributed by atoms with Crippen molar-refractivity contribution in [3.05, 3.63) is 0 Å². The van der Waals surface area contributed by atoms with Crippen molar-refractivity contribution in [1.82, 2.24) is 5.32 Å². The van der Waals surface area contributed by atoms with Gasteiger partial charge in [-0.2, -0.15) is 0 Å². The Morgan fingerprint density at radius 1 is 1.00 bits per heavy atom. The van der Waals surface area contributed by atoms with Crippen LogP contribution in [-0.4, -0.2) is 45.4 Å². The van der Waals surface area contributed by atoms with Gasteiger partial charge in [0.15, 0.2) is 0 Å². The summed E-state index contributed by atoms with van der Waals surface area (Å²) in [6.45, 7) is 3.63. The zero-order chi connectivity index (χ0) is 13.2. The van der Waals surface area contributed by atoms with Gasteiger partial charge < -0.3 is 20.6 Å². The Bertz CT molecular complexity index is 278. The normalized spacial score (nSPS) is 37.7. The summed E-state index contributed by atoms with van der Waals surface area (Å²) in [5.41, 5.74) is 0. The molecule has 1 heterocycles. The van der Waals surface area contributed by atoms with E-state index in [1.165, 1.54) is 0 Å². The van der Waals surface area contributed by atoms with Crippen molar-refractivity contribution in [2.45, 2.75) is 44.9 Å². The van der Waals surface area contributed by atoms with Crippen LogP contribution < -0.4 is 5.32 Å². The minimum Gasteiger partial charge on any atom is -0.481 e. The van der Waals surface area contributed by atoms with Gasteiger partial charge in [0.25, 0.3) is 0 Å². The summed E-state index contributed by atoms with van der Waals surface area (Å²) in [7, 11) is 0. The smallest absolute Gasteiger partial charge is 0.310 e. The summed E-state index contributed by atoms with van der Waals surface area (Å²) in [5.74, 6) is -4.44. The van der Waals surface area contributed by atoms with Gasteiger partial charge in [-0.3, -0.25) is 9.59 Å². The molecule has 0 bridgehead atoms. The molecule has 0 aliphatic carbocycles. The van der Waals surface area contributed by atoms with Crippen LogP contribution in [0.4, 0.5) is 0 Å². The Morgan fingerprint density at radius 2 is 1.35 bits per heavy atom. The van der Waals surface area contributed by atoms with Crippen LogP contribution in [0.5, 0.6) is 0 Å². The highest BCUT2D eigenvalue weighted by atomic mass is 16.4. The average Bonchev–Trinajstić information content (AvgIpc) is 2.26. The Morgan fingerprint density at radius 3 is 1.59 bits per heavy atom. The van der Waals surface area contributed by atoms with E-state index in [0.717, 1.165) is 0 Å². The molecule has 1 aliphatic rings. The highest BCUT2D eigenvalue weighted by molar-refractivity contribution is 5.77. The minimum atomic E-state index is -1.35. The first-order valence-corrected chi connectivity index (χ1v) is 5.83. The molecule has 0 saturated carbocycles. The number of carboxylic acid groups (broad SMARTS) is 2. The Labute approximate surface area is 99.6 Å². The Hall–Kier alpha value is -1.14. The number of aliphatic hydroxyl groups is 1. The molecular formula is C11H19NO5.